The standard InChI is InChI=1S/C14H17NO5/c1-8-5-9(2)11(6-10(8)14(17)18)15-13(16)12-7-19-3-4-20-12/h5-6,12H,3-4,7H2,1-2H3,(H,15,16)(H,17,18). The van der Waals surface area contributed by atoms with Gasteiger partial charge in [0.25, 0.3) is 5.91 Å². The van der Waals surface area contributed by atoms with Crippen LogP contribution in [-0.4, -0.2) is 42.9 Å². The molecule has 0 spiro atoms. The molecule has 1 heterocycles. The van der Waals surface area contributed by atoms with Crippen LogP contribution >= 0.6 is 0 Å². The molecule has 1 fully saturated rings. The van der Waals surface area contributed by atoms with Gasteiger partial charge in [-0.25, -0.2) is 4.79 Å². The summed E-state index contributed by atoms with van der Waals surface area (Å²) < 4.78 is 10.5. The number of carbonyl (C=O) groups excluding carboxylic acids is 1. The molecule has 0 bridgehead atoms. The molecule has 2 N–H and O–H groups in total. The molecule has 6 nitrogen and oxygen atoms in total. The largest absolute Gasteiger partial charge is 0.478 e. The Morgan fingerprint density at radius 2 is 2.00 bits per heavy atom. The van der Waals surface area contributed by atoms with Crippen molar-refractivity contribution in [2.75, 3.05) is 25.1 Å². The fourth-order valence-corrected chi connectivity index (χ4v) is 2.07. The molecule has 0 aliphatic carbocycles. The summed E-state index contributed by atoms with van der Waals surface area (Å²) in [5.41, 5.74) is 2.11. The highest BCUT2D eigenvalue weighted by Crippen LogP contribution is 2.21. The lowest BCUT2D eigenvalue weighted by Gasteiger charge is -2.22. The molecule has 1 amide bonds. The van der Waals surface area contributed by atoms with Crippen LogP contribution in [0, 0.1) is 13.8 Å². The number of hydrogen-bond acceptors (Lipinski definition) is 4. The summed E-state index contributed by atoms with van der Waals surface area (Å²) in [5.74, 6) is -1.34. The Morgan fingerprint density at radius 3 is 2.60 bits per heavy atom. The zero-order chi connectivity index (χ0) is 14.7. The molecule has 1 unspecified atom stereocenters. The van der Waals surface area contributed by atoms with E-state index in [9.17, 15) is 9.59 Å². The Hall–Kier alpha value is -1.92. The Balaban J connectivity index is 2.18. The van der Waals surface area contributed by atoms with E-state index in [2.05, 4.69) is 5.32 Å². The number of aryl methyl sites for hydroxylation is 2. The average molecular weight is 279 g/mol. The van der Waals surface area contributed by atoms with Crippen molar-refractivity contribution in [1.82, 2.24) is 0 Å². The van der Waals surface area contributed by atoms with Gasteiger partial charge < -0.3 is 19.9 Å². The van der Waals surface area contributed by atoms with Crippen LogP contribution in [0.25, 0.3) is 0 Å². The first-order chi connectivity index (χ1) is 9.49. The maximum absolute atomic E-state index is 12.0. The van der Waals surface area contributed by atoms with E-state index in [1.165, 1.54) is 6.07 Å². The Kier molecular flexibility index (Phi) is 4.36. The van der Waals surface area contributed by atoms with E-state index in [1.54, 1.807) is 13.0 Å². The topological polar surface area (TPSA) is 84.9 Å². The number of aromatic carboxylic acids is 1. The summed E-state index contributed by atoms with van der Waals surface area (Å²) in [6, 6.07) is 3.20. The van der Waals surface area contributed by atoms with Gasteiger partial charge in [0.1, 0.15) is 0 Å². The molecule has 1 aromatic carbocycles. The van der Waals surface area contributed by atoms with Crippen LogP contribution in [-0.2, 0) is 14.3 Å². The number of ether oxygens (including phenoxy) is 2. The first-order valence-corrected chi connectivity index (χ1v) is 6.34. The third-order valence-corrected chi connectivity index (χ3v) is 3.17. The van der Waals surface area contributed by atoms with Gasteiger partial charge in [-0.1, -0.05) is 6.07 Å². The van der Waals surface area contributed by atoms with Crippen molar-refractivity contribution in [3.05, 3.63) is 28.8 Å². The van der Waals surface area contributed by atoms with Crippen molar-refractivity contribution >= 4 is 17.6 Å². The van der Waals surface area contributed by atoms with Crippen molar-refractivity contribution in [3.8, 4) is 0 Å². The Labute approximate surface area is 116 Å². The fraction of sp³-hybridized carbons (Fsp3) is 0.429. The predicted octanol–water partition coefficient (Wildman–Crippen LogP) is 1.36. The molecular weight excluding hydrogens is 262 g/mol. The number of benzene rings is 1. The molecule has 1 saturated heterocycles. The van der Waals surface area contributed by atoms with Crippen molar-refractivity contribution in [2.24, 2.45) is 0 Å². The maximum Gasteiger partial charge on any atom is 0.336 e. The molecule has 0 aromatic heterocycles. The van der Waals surface area contributed by atoms with Crippen LogP contribution in [0.2, 0.25) is 0 Å². The van der Waals surface area contributed by atoms with E-state index < -0.39 is 12.1 Å². The lowest BCUT2D eigenvalue weighted by molar-refractivity contribution is -0.142. The molecular formula is C14H17NO5. The monoisotopic (exact) mass is 279 g/mol. The number of amides is 1. The molecule has 2 rings (SSSR count). The zero-order valence-corrected chi connectivity index (χ0v) is 11.4. The Morgan fingerprint density at radius 1 is 1.25 bits per heavy atom. The number of anilines is 1. The van der Waals surface area contributed by atoms with Gasteiger partial charge >= 0.3 is 5.97 Å². The van der Waals surface area contributed by atoms with Gasteiger partial charge in [0.15, 0.2) is 6.10 Å². The van der Waals surface area contributed by atoms with Crippen LogP contribution in [0.1, 0.15) is 21.5 Å². The summed E-state index contributed by atoms with van der Waals surface area (Å²) in [4.78, 5) is 23.1. The average Bonchev–Trinajstić information content (AvgIpc) is 2.42. The summed E-state index contributed by atoms with van der Waals surface area (Å²) in [5, 5.41) is 11.8. The van der Waals surface area contributed by atoms with E-state index >= 15 is 0 Å². The lowest BCUT2D eigenvalue weighted by Crippen LogP contribution is -2.39. The van der Waals surface area contributed by atoms with E-state index in [0.717, 1.165) is 5.56 Å². The van der Waals surface area contributed by atoms with Gasteiger partial charge in [0.05, 0.1) is 25.4 Å². The molecule has 0 radical (unpaired) electrons. The summed E-state index contributed by atoms with van der Waals surface area (Å²) in [7, 11) is 0. The van der Waals surface area contributed by atoms with Crippen molar-refractivity contribution in [1.29, 1.82) is 0 Å². The first-order valence-electron chi connectivity index (χ1n) is 6.34. The SMILES string of the molecule is Cc1cc(C)c(C(=O)O)cc1NC(=O)C1COCCO1. The third kappa shape index (κ3) is 3.15. The molecule has 0 saturated carbocycles. The second-order valence-corrected chi connectivity index (χ2v) is 4.71. The minimum absolute atomic E-state index is 0.173. The molecule has 108 valence electrons. The minimum Gasteiger partial charge on any atom is -0.478 e. The molecule has 1 aliphatic rings. The van der Waals surface area contributed by atoms with E-state index in [4.69, 9.17) is 14.6 Å². The number of carboxylic acid groups (broad SMARTS) is 1. The Bertz CT molecular complexity index is 535. The molecule has 1 aromatic rings. The van der Waals surface area contributed by atoms with Gasteiger partial charge in [-0.15, -0.1) is 0 Å². The first kappa shape index (κ1) is 14.5. The second-order valence-electron chi connectivity index (χ2n) is 4.71. The summed E-state index contributed by atoms with van der Waals surface area (Å²) >= 11 is 0. The summed E-state index contributed by atoms with van der Waals surface area (Å²) in [6.07, 6.45) is -0.655. The number of nitrogens with one attached hydrogen (secondary N) is 1. The smallest absolute Gasteiger partial charge is 0.336 e. The number of carboxylic acids is 1. The minimum atomic E-state index is -1.02. The molecule has 1 atom stereocenters. The van der Waals surface area contributed by atoms with Gasteiger partial charge in [0.2, 0.25) is 0 Å². The third-order valence-electron chi connectivity index (χ3n) is 3.17. The van der Waals surface area contributed by atoms with Gasteiger partial charge in [-0.05, 0) is 31.0 Å². The number of hydrogen-bond donors (Lipinski definition) is 2. The normalized spacial score (nSPS) is 18.6. The lowest BCUT2D eigenvalue weighted by atomic mass is 10.0. The van der Waals surface area contributed by atoms with E-state index in [1.807, 2.05) is 6.92 Å². The second kappa shape index (κ2) is 6.02. The highest BCUT2D eigenvalue weighted by Gasteiger charge is 2.23. The number of rotatable bonds is 3. The van der Waals surface area contributed by atoms with Crippen LogP contribution in [0.4, 0.5) is 5.69 Å². The summed E-state index contributed by atoms with van der Waals surface area (Å²) in [6.45, 7) is 4.61. The zero-order valence-electron chi connectivity index (χ0n) is 11.4. The van der Waals surface area contributed by atoms with Crippen LogP contribution in [0.3, 0.4) is 0 Å². The van der Waals surface area contributed by atoms with Gasteiger partial charge in [0, 0.05) is 5.69 Å². The number of carbonyl (C=O) groups is 2. The molecule has 20 heavy (non-hydrogen) atoms. The van der Waals surface area contributed by atoms with Gasteiger partial charge in [-0.2, -0.15) is 0 Å². The predicted molar refractivity (Wildman–Crippen MR) is 72.1 cm³/mol. The fourth-order valence-electron chi connectivity index (χ4n) is 2.07. The van der Waals surface area contributed by atoms with Crippen LogP contribution in [0.15, 0.2) is 12.1 Å². The highest BCUT2D eigenvalue weighted by atomic mass is 16.6. The van der Waals surface area contributed by atoms with Crippen molar-refractivity contribution in [3.63, 3.8) is 0 Å². The quantitative estimate of drug-likeness (QED) is 0.872. The highest BCUT2D eigenvalue weighted by molar-refractivity contribution is 5.97. The van der Waals surface area contributed by atoms with Crippen LogP contribution in [0.5, 0.6) is 0 Å². The van der Waals surface area contributed by atoms with E-state index in [0.29, 0.717) is 24.5 Å². The van der Waals surface area contributed by atoms with Crippen molar-refractivity contribution in [2.45, 2.75) is 20.0 Å². The van der Waals surface area contributed by atoms with Crippen molar-refractivity contribution < 1.29 is 24.2 Å². The molecule has 1 aliphatic heterocycles. The maximum atomic E-state index is 12.0. The van der Waals surface area contributed by atoms with Crippen LogP contribution < -0.4 is 5.32 Å². The molecule has 6 heteroatoms. The van der Waals surface area contributed by atoms with E-state index in [-0.39, 0.29) is 18.1 Å². The van der Waals surface area contributed by atoms with Gasteiger partial charge in [-0.3, -0.25) is 4.79 Å².